The molecule has 6 nitrogen and oxygen atoms in total. The van der Waals surface area contributed by atoms with Crippen LogP contribution in [-0.2, 0) is 9.53 Å². The van der Waals surface area contributed by atoms with Crippen LogP contribution in [0.4, 0.5) is 0 Å². The van der Waals surface area contributed by atoms with Crippen LogP contribution in [0.2, 0.25) is 10.0 Å². The Morgan fingerprint density at radius 2 is 1.82 bits per heavy atom. The normalized spacial score (nSPS) is 25.0. The van der Waals surface area contributed by atoms with Gasteiger partial charge in [-0.2, -0.15) is 0 Å². The van der Waals surface area contributed by atoms with E-state index in [0.717, 1.165) is 32.1 Å². The zero-order valence-electron chi connectivity index (χ0n) is 15.6. The Labute approximate surface area is 174 Å². The van der Waals surface area contributed by atoms with E-state index in [2.05, 4.69) is 10.6 Å². The highest BCUT2D eigenvalue weighted by atomic mass is 35.5. The molecule has 1 saturated carbocycles. The van der Waals surface area contributed by atoms with Crippen molar-refractivity contribution in [3.8, 4) is 0 Å². The molecule has 1 aromatic rings. The third-order valence-electron chi connectivity index (χ3n) is 5.48. The average molecular weight is 429 g/mol. The Balaban J connectivity index is 1.43. The van der Waals surface area contributed by atoms with Gasteiger partial charge in [0.1, 0.15) is 6.10 Å². The monoisotopic (exact) mass is 428 g/mol. The fourth-order valence-electron chi connectivity index (χ4n) is 3.61. The number of aliphatic hydroxyl groups is 1. The molecule has 1 aliphatic heterocycles. The minimum absolute atomic E-state index is 0.0720. The molecule has 1 saturated heterocycles. The topological polar surface area (TPSA) is 87.7 Å². The minimum atomic E-state index is -0.412. The largest absolute Gasteiger partial charge is 0.394 e. The van der Waals surface area contributed by atoms with Crippen LogP contribution in [0.5, 0.6) is 0 Å². The molecule has 28 heavy (non-hydrogen) atoms. The Morgan fingerprint density at radius 1 is 1.11 bits per heavy atom. The number of aliphatic hydroxyl groups excluding tert-OH is 1. The van der Waals surface area contributed by atoms with Gasteiger partial charge >= 0.3 is 0 Å². The third kappa shape index (κ3) is 5.60. The summed E-state index contributed by atoms with van der Waals surface area (Å²) in [5, 5.41) is 16.3. The molecule has 0 unspecified atom stereocenters. The lowest BCUT2D eigenvalue weighted by molar-refractivity contribution is -0.134. The van der Waals surface area contributed by atoms with E-state index in [1.165, 1.54) is 0 Å². The molecule has 2 aliphatic rings. The zero-order chi connectivity index (χ0) is 20.1. The first-order valence-electron chi connectivity index (χ1n) is 9.77. The molecule has 8 heteroatoms. The van der Waals surface area contributed by atoms with Gasteiger partial charge in [0.25, 0.3) is 5.91 Å². The Hall–Kier alpha value is -1.34. The molecule has 3 rings (SSSR count). The summed E-state index contributed by atoms with van der Waals surface area (Å²) < 4.78 is 5.95. The number of halogens is 2. The van der Waals surface area contributed by atoms with Crippen molar-refractivity contribution in [3.63, 3.8) is 0 Å². The summed E-state index contributed by atoms with van der Waals surface area (Å²) in [7, 11) is 0. The van der Waals surface area contributed by atoms with E-state index in [1.807, 2.05) is 0 Å². The van der Waals surface area contributed by atoms with Crippen molar-refractivity contribution >= 4 is 35.0 Å². The van der Waals surface area contributed by atoms with E-state index < -0.39 is 6.10 Å². The second-order valence-corrected chi connectivity index (χ2v) is 8.37. The van der Waals surface area contributed by atoms with E-state index in [0.29, 0.717) is 28.6 Å². The second kappa shape index (κ2) is 9.92. The lowest BCUT2D eigenvalue weighted by atomic mass is 9.84. The van der Waals surface area contributed by atoms with Gasteiger partial charge in [-0.05, 0) is 50.3 Å². The molecule has 1 heterocycles. The number of amides is 2. The predicted molar refractivity (Wildman–Crippen MR) is 108 cm³/mol. The van der Waals surface area contributed by atoms with E-state index in [9.17, 15) is 14.7 Å². The van der Waals surface area contributed by atoms with Crippen molar-refractivity contribution in [1.82, 2.24) is 10.6 Å². The number of hydrogen-bond acceptors (Lipinski definition) is 4. The van der Waals surface area contributed by atoms with E-state index >= 15 is 0 Å². The summed E-state index contributed by atoms with van der Waals surface area (Å²) in [6, 6.07) is 4.55. The summed E-state index contributed by atoms with van der Waals surface area (Å²) >= 11 is 11.9. The Kier molecular flexibility index (Phi) is 7.57. The predicted octanol–water partition coefficient (Wildman–Crippen LogP) is 2.94. The molecule has 2 amide bonds. The summed E-state index contributed by atoms with van der Waals surface area (Å²) in [6.45, 7) is 0.296. The number of carbonyl (C=O) groups excluding carboxylic acids is 2. The molecule has 3 N–H and O–H groups in total. The number of hydrogen-bond donors (Lipinski definition) is 3. The number of nitrogens with one attached hydrogen (secondary N) is 2. The highest BCUT2D eigenvalue weighted by Crippen LogP contribution is 2.28. The Bertz CT molecular complexity index is 691. The number of carbonyl (C=O) groups is 2. The maximum Gasteiger partial charge on any atom is 0.251 e. The molecular weight excluding hydrogens is 403 g/mol. The molecule has 0 aromatic heterocycles. The van der Waals surface area contributed by atoms with Crippen LogP contribution < -0.4 is 10.6 Å². The minimum Gasteiger partial charge on any atom is -0.394 e. The highest BCUT2D eigenvalue weighted by molar-refractivity contribution is 6.35. The molecule has 0 bridgehead atoms. The molecule has 3 atom stereocenters. The smallest absolute Gasteiger partial charge is 0.251 e. The van der Waals surface area contributed by atoms with Gasteiger partial charge in [0, 0.05) is 28.1 Å². The maximum atomic E-state index is 12.2. The zero-order valence-corrected chi connectivity index (χ0v) is 17.1. The molecule has 154 valence electrons. The van der Waals surface area contributed by atoms with Gasteiger partial charge in [0.05, 0.1) is 18.8 Å². The van der Waals surface area contributed by atoms with Crippen molar-refractivity contribution in [2.45, 2.75) is 56.8 Å². The van der Waals surface area contributed by atoms with Gasteiger partial charge in [-0.15, -0.1) is 0 Å². The Morgan fingerprint density at radius 3 is 2.43 bits per heavy atom. The molecule has 1 aliphatic carbocycles. The lowest BCUT2D eigenvalue weighted by Crippen LogP contribution is -2.53. The quantitative estimate of drug-likeness (QED) is 0.622. The van der Waals surface area contributed by atoms with Crippen molar-refractivity contribution in [1.29, 1.82) is 0 Å². The first-order chi connectivity index (χ1) is 13.5. The van der Waals surface area contributed by atoms with Crippen LogP contribution in [0, 0.1) is 5.92 Å². The number of benzene rings is 1. The van der Waals surface area contributed by atoms with Crippen molar-refractivity contribution < 1.29 is 19.4 Å². The second-order valence-electron chi connectivity index (χ2n) is 7.50. The van der Waals surface area contributed by atoms with Crippen LogP contribution in [0.3, 0.4) is 0 Å². The van der Waals surface area contributed by atoms with E-state index in [1.54, 1.807) is 18.2 Å². The molecule has 0 radical (unpaired) electrons. The first kappa shape index (κ1) is 21.4. The van der Waals surface area contributed by atoms with Gasteiger partial charge in [0.2, 0.25) is 5.91 Å². The van der Waals surface area contributed by atoms with Crippen LogP contribution >= 0.6 is 23.2 Å². The van der Waals surface area contributed by atoms with Gasteiger partial charge in [-0.3, -0.25) is 9.59 Å². The van der Waals surface area contributed by atoms with Gasteiger partial charge < -0.3 is 20.5 Å². The molecule has 1 aromatic carbocycles. The SMILES string of the molecule is O=C(NCC[C@@H]1CC[C@@H](NC(=O)C2CCC2)[C@@H](CO)O1)c1cc(Cl)cc(Cl)c1. The summed E-state index contributed by atoms with van der Waals surface area (Å²) in [5.41, 5.74) is 0.411. The summed E-state index contributed by atoms with van der Waals surface area (Å²) in [4.78, 5) is 24.4. The van der Waals surface area contributed by atoms with Crippen molar-refractivity contribution in [3.05, 3.63) is 33.8 Å². The van der Waals surface area contributed by atoms with Crippen LogP contribution in [0.1, 0.15) is 48.9 Å². The van der Waals surface area contributed by atoms with E-state index in [-0.39, 0.29) is 36.5 Å². The van der Waals surface area contributed by atoms with Crippen LogP contribution in [-0.4, -0.2) is 48.3 Å². The van der Waals surface area contributed by atoms with Crippen molar-refractivity contribution in [2.75, 3.05) is 13.2 Å². The fourth-order valence-corrected chi connectivity index (χ4v) is 4.14. The van der Waals surface area contributed by atoms with Crippen molar-refractivity contribution in [2.24, 2.45) is 5.92 Å². The third-order valence-corrected chi connectivity index (χ3v) is 5.91. The summed E-state index contributed by atoms with van der Waals surface area (Å²) in [5.74, 6) is -0.0546. The average Bonchev–Trinajstić information content (AvgIpc) is 2.60. The standard InChI is InChI=1S/C20H26Cl2N2O4/c21-14-8-13(9-15(22)10-14)19(26)23-7-6-16-4-5-17(18(11-25)28-16)24-20(27)12-2-1-3-12/h8-10,12,16-18,25H,1-7,11H2,(H,23,26)(H,24,27)/t16-,17+,18+/m0/s1. The van der Waals surface area contributed by atoms with Gasteiger partial charge in [-0.25, -0.2) is 0 Å². The molecule has 2 fully saturated rings. The fraction of sp³-hybridized carbons (Fsp3) is 0.600. The lowest BCUT2D eigenvalue weighted by Gasteiger charge is -2.37. The maximum absolute atomic E-state index is 12.2. The molecular formula is C20H26Cl2N2O4. The number of ether oxygens (including phenoxy) is 1. The van der Waals surface area contributed by atoms with E-state index in [4.69, 9.17) is 27.9 Å². The highest BCUT2D eigenvalue weighted by Gasteiger charge is 2.34. The molecule has 0 spiro atoms. The van der Waals surface area contributed by atoms with Gasteiger partial charge in [-0.1, -0.05) is 29.6 Å². The van der Waals surface area contributed by atoms with Crippen LogP contribution in [0.25, 0.3) is 0 Å². The number of rotatable bonds is 7. The van der Waals surface area contributed by atoms with Crippen LogP contribution in [0.15, 0.2) is 18.2 Å². The first-order valence-corrected chi connectivity index (χ1v) is 10.5. The van der Waals surface area contributed by atoms with Gasteiger partial charge in [0.15, 0.2) is 0 Å². The summed E-state index contributed by atoms with van der Waals surface area (Å²) in [6.07, 6.45) is 4.67.